The lowest BCUT2D eigenvalue weighted by Crippen LogP contribution is -2.26. The van der Waals surface area contributed by atoms with Crippen LogP contribution < -0.4 is 9.64 Å². The van der Waals surface area contributed by atoms with Crippen molar-refractivity contribution < 1.29 is 9.47 Å². The number of hydrogen-bond acceptors (Lipinski definition) is 9. The molecule has 11 heteroatoms. The highest BCUT2D eigenvalue weighted by Gasteiger charge is 2.20. The molecule has 0 aliphatic heterocycles. The summed E-state index contributed by atoms with van der Waals surface area (Å²) in [6.07, 6.45) is 3.74. The van der Waals surface area contributed by atoms with E-state index in [1.54, 1.807) is 23.1 Å². The summed E-state index contributed by atoms with van der Waals surface area (Å²) in [5.74, 6) is 1.60. The molecule has 0 saturated heterocycles. The number of anilines is 2. The molecule has 0 radical (unpaired) electrons. The molecule has 0 atom stereocenters. The van der Waals surface area contributed by atoms with Crippen LogP contribution in [0.5, 0.6) is 5.88 Å². The summed E-state index contributed by atoms with van der Waals surface area (Å²) in [7, 11) is 2.29. The summed E-state index contributed by atoms with van der Waals surface area (Å²) in [5, 5.41) is 14.9. The average molecular weight is 512 g/mol. The number of ether oxygens (including phenoxy) is 2. The fraction of sp³-hybridized carbons (Fsp3) is 0.458. The standard InChI is InChI=1S/C24H33N7O2SSi/c1-16(2)23-27-28-24(34-23)31(15-33-10-11-35(5,6)7)21-9-8-19-20(26-21)12-17(13-25-19)18-14-30(3)29-22(18)32-4/h8-9,12-14,16H,10-11,15H2,1-7H3. The molecule has 0 N–H and O–H groups in total. The lowest BCUT2D eigenvalue weighted by molar-refractivity contribution is 0.153. The highest BCUT2D eigenvalue weighted by atomic mass is 32.1. The first kappa shape index (κ1) is 25.2. The van der Waals surface area contributed by atoms with E-state index in [0.29, 0.717) is 25.1 Å². The summed E-state index contributed by atoms with van der Waals surface area (Å²) < 4.78 is 13.3. The van der Waals surface area contributed by atoms with E-state index in [9.17, 15) is 0 Å². The van der Waals surface area contributed by atoms with Crippen molar-refractivity contribution in [2.75, 3.05) is 25.3 Å². The zero-order valence-electron chi connectivity index (χ0n) is 21.4. The molecule has 0 amide bonds. The van der Waals surface area contributed by atoms with E-state index in [1.165, 1.54) is 0 Å². The van der Waals surface area contributed by atoms with Crippen molar-refractivity contribution in [2.24, 2.45) is 7.05 Å². The first-order valence-corrected chi connectivity index (χ1v) is 16.2. The van der Waals surface area contributed by atoms with Crippen molar-refractivity contribution in [1.29, 1.82) is 0 Å². The van der Waals surface area contributed by atoms with Crippen molar-refractivity contribution in [2.45, 2.75) is 45.5 Å². The molecule has 0 fully saturated rings. The predicted molar refractivity (Wildman–Crippen MR) is 143 cm³/mol. The lowest BCUT2D eigenvalue weighted by Gasteiger charge is -2.22. The van der Waals surface area contributed by atoms with Crippen molar-refractivity contribution >= 4 is 41.4 Å². The van der Waals surface area contributed by atoms with Crippen LogP contribution in [-0.2, 0) is 11.8 Å². The fourth-order valence-electron chi connectivity index (χ4n) is 3.43. The van der Waals surface area contributed by atoms with Gasteiger partial charge in [-0.25, -0.2) is 4.98 Å². The predicted octanol–water partition coefficient (Wildman–Crippen LogP) is 5.46. The van der Waals surface area contributed by atoms with Crippen LogP contribution in [0.1, 0.15) is 24.8 Å². The van der Waals surface area contributed by atoms with Crippen LogP contribution >= 0.6 is 11.3 Å². The molecule has 4 heterocycles. The molecule has 0 aliphatic rings. The van der Waals surface area contributed by atoms with Crippen molar-refractivity contribution in [1.82, 2.24) is 29.9 Å². The Bertz CT molecular complexity index is 1300. The third-order valence-electron chi connectivity index (χ3n) is 5.47. The van der Waals surface area contributed by atoms with Gasteiger partial charge in [0.05, 0.1) is 23.7 Å². The molecule has 186 valence electrons. The second-order valence-electron chi connectivity index (χ2n) is 10.0. The van der Waals surface area contributed by atoms with Gasteiger partial charge in [0.1, 0.15) is 17.6 Å². The maximum absolute atomic E-state index is 6.10. The van der Waals surface area contributed by atoms with Gasteiger partial charge in [0, 0.05) is 45.6 Å². The van der Waals surface area contributed by atoms with E-state index in [-0.39, 0.29) is 0 Å². The smallest absolute Gasteiger partial charge is 0.240 e. The van der Waals surface area contributed by atoms with Crippen molar-refractivity contribution in [3.63, 3.8) is 0 Å². The summed E-state index contributed by atoms with van der Waals surface area (Å²) in [6, 6.07) is 7.04. The zero-order chi connectivity index (χ0) is 25.2. The fourth-order valence-corrected chi connectivity index (χ4v) is 5.03. The number of nitrogens with zero attached hydrogens (tertiary/aromatic N) is 7. The summed E-state index contributed by atoms with van der Waals surface area (Å²) in [6.45, 7) is 12.4. The maximum Gasteiger partial charge on any atom is 0.240 e. The number of rotatable bonds is 10. The minimum absolute atomic E-state index is 0.307. The van der Waals surface area contributed by atoms with Gasteiger partial charge in [0.2, 0.25) is 11.0 Å². The third-order valence-corrected chi connectivity index (χ3v) is 8.42. The molecule has 4 aromatic rings. The largest absolute Gasteiger partial charge is 0.479 e. The molecular formula is C24H33N7O2SSi. The van der Waals surface area contributed by atoms with Crippen molar-refractivity contribution in [3.8, 4) is 17.0 Å². The van der Waals surface area contributed by atoms with Gasteiger partial charge >= 0.3 is 0 Å². The highest BCUT2D eigenvalue weighted by Crippen LogP contribution is 2.33. The second kappa shape index (κ2) is 10.4. The number of methoxy groups -OCH3 is 1. The van der Waals surface area contributed by atoms with Crippen LogP contribution in [0.3, 0.4) is 0 Å². The average Bonchev–Trinajstić information content (AvgIpc) is 3.44. The molecule has 0 saturated carbocycles. The van der Waals surface area contributed by atoms with E-state index in [0.717, 1.165) is 44.2 Å². The summed E-state index contributed by atoms with van der Waals surface area (Å²) >= 11 is 1.57. The molecule has 35 heavy (non-hydrogen) atoms. The van der Waals surface area contributed by atoms with Crippen LogP contribution in [0.2, 0.25) is 25.7 Å². The van der Waals surface area contributed by atoms with Gasteiger partial charge in [-0.3, -0.25) is 14.6 Å². The number of pyridine rings is 2. The number of fused-ring (bicyclic) bond motifs is 1. The molecule has 4 aromatic heterocycles. The Labute approximate surface area is 211 Å². The van der Waals surface area contributed by atoms with Gasteiger partial charge in [0.15, 0.2) is 0 Å². The van der Waals surface area contributed by atoms with E-state index in [2.05, 4.69) is 53.8 Å². The Morgan fingerprint density at radius 2 is 1.94 bits per heavy atom. The number of aryl methyl sites for hydroxylation is 1. The van der Waals surface area contributed by atoms with Gasteiger partial charge < -0.3 is 9.47 Å². The first-order chi connectivity index (χ1) is 16.6. The van der Waals surface area contributed by atoms with Crippen molar-refractivity contribution in [3.05, 3.63) is 35.6 Å². The number of hydrogen-bond donors (Lipinski definition) is 0. The Balaban J connectivity index is 1.68. The maximum atomic E-state index is 6.10. The van der Waals surface area contributed by atoms with E-state index in [4.69, 9.17) is 14.5 Å². The van der Waals surface area contributed by atoms with E-state index in [1.807, 2.05) is 42.5 Å². The summed E-state index contributed by atoms with van der Waals surface area (Å²) in [4.78, 5) is 11.6. The Morgan fingerprint density at radius 1 is 1.14 bits per heavy atom. The lowest BCUT2D eigenvalue weighted by atomic mass is 10.1. The molecular weight excluding hydrogens is 478 g/mol. The van der Waals surface area contributed by atoms with Crippen LogP contribution in [0.4, 0.5) is 10.9 Å². The number of aromatic nitrogens is 6. The monoisotopic (exact) mass is 511 g/mol. The third kappa shape index (κ3) is 6.03. The SMILES string of the molecule is COc1nn(C)cc1-c1cnc2ccc(N(COCC[Si](C)(C)C)c3nnc(C(C)C)s3)nc2c1. The molecule has 4 rings (SSSR count). The normalized spacial score (nSPS) is 12.0. The van der Waals surface area contributed by atoms with Gasteiger partial charge in [-0.1, -0.05) is 44.8 Å². The van der Waals surface area contributed by atoms with Gasteiger partial charge in [-0.15, -0.1) is 15.3 Å². The molecule has 0 bridgehead atoms. The minimum Gasteiger partial charge on any atom is -0.479 e. The van der Waals surface area contributed by atoms with Crippen LogP contribution in [0.25, 0.3) is 22.2 Å². The highest BCUT2D eigenvalue weighted by molar-refractivity contribution is 7.15. The first-order valence-electron chi connectivity index (χ1n) is 11.7. The van der Waals surface area contributed by atoms with Gasteiger partial charge in [0.25, 0.3) is 0 Å². The second-order valence-corrected chi connectivity index (χ2v) is 16.6. The van der Waals surface area contributed by atoms with Gasteiger partial charge in [-0.05, 0) is 24.2 Å². The van der Waals surface area contributed by atoms with E-state index >= 15 is 0 Å². The van der Waals surface area contributed by atoms with Crippen LogP contribution in [0, 0.1) is 0 Å². The molecule has 0 aromatic carbocycles. The molecule has 0 aliphatic carbocycles. The summed E-state index contributed by atoms with van der Waals surface area (Å²) in [5.41, 5.74) is 3.34. The quantitative estimate of drug-likeness (QED) is 0.157. The molecule has 9 nitrogen and oxygen atoms in total. The Kier molecular flexibility index (Phi) is 7.48. The topological polar surface area (TPSA) is 91.1 Å². The molecule has 0 unspecified atom stereocenters. The van der Waals surface area contributed by atoms with Crippen LogP contribution in [-0.4, -0.2) is 58.5 Å². The van der Waals surface area contributed by atoms with E-state index < -0.39 is 8.07 Å². The van der Waals surface area contributed by atoms with Gasteiger partial charge in [-0.2, -0.15) is 0 Å². The Hall–Kier alpha value is -2.89. The minimum atomic E-state index is -1.19. The van der Waals surface area contributed by atoms with Crippen LogP contribution in [0.15, 0.2) is 30.6 Å². The zero-order valence-corrected chi connectivity index (χ0v) is 23.3. The Morgan fingerprint density at radius 3 is 2.63 bits per heavy atom. The molecule has 0 spiro atoms.